The van der Waals surface area contributed by atoms with Crippen molar-refractivity contribution in [2.24, 2.45) is 0 Å². The summed E-state index contributed by atoms with van der Waals surface area (Å²) in [5, 5.41) is 4.97. The lowest BCUT2D eigenvalue weighted by Crippen LogP contribution is -1.95. The minimum absolute atomic E-state index is 1.08. The summed E-state index contributed by atoms with van der Waals surface area (Å²) in [4.78, 5) is 0. The monoisotopic (exact) mass is 960 g/mol. The average Bonchev–Trinajstić information content (AvgIpc) is 3.83. The Hall–Kier alpha value is -5.68. The Morgan fingerprint density at radius 3 is 1.09 bits per heavy atom. The summed E-state index contributed by atoms with van der Waals surface area (Å²) in [6.45, 7) is 4.55. The Morgan fingerprint density at radius 1 is 0.344 bits per heavy atom. The Balaban J connectivity index is 1.04. The maximum Gasteiger partial charge on any atom is 0.0541 e. The summed E-state index contributed by atoms with van der Waals surface area (Å²) < 4.78 is 7.03. The van der Waals surface area contributed by atoms with E-state index >= 15 is 0 Å². The fraction of sp³-hybridized carbons (Fsp3) is 0.200. The van der Waals surface area contributed by atoms with Gasteiger partial charge >= 0.3 is 0 Å². The van der Waals surface area contributed by atoms with E-state index in [1.807, 2.05) is 0 Å². The summed E-state index contributed by atoms with van der Waals surface area (Å²) in [5.41, 5.74) is 17.3. The molecule has 318 valence electrons. The molecule has 8 aromatic carbocycles. The van der Waals surface area contributed by atoms with Crippen molar-refractivity contribution in [1.29, 1.82) is 0 Å². The van der Waals surface area contributed by atoms with E-state index in [-0.39, 0.29) is 0 Å². The molecule has 0 amide bonds. The Labute approximate surface area is 394 Å². The second-order valence-electron chi connectivity index (χ2n) is 17.5. The highest BCUT2D eigenvalue weighted by atomic mass is 79.9. The van der Waals surface area contributed by atoms with Gasteiger partial charge in [-0.15, -0.1) is 0 Å². The summed E-state index contributed by atoms with van der Waals surface area (Å²) in [6.07, 6.45) is 12.5. The minimum atomic E-state index is 1.08. The summed E-state index contributed by atoms with van der Waals surface area (Å²) >= 11 is 7.62. The smallest absolute Gasteiger partial charge is 0.0541 e. The molecule has 0 atom stereocenters. The number of aromatic nitrogens is 2. The number of aryl methyl sites for hydroxylation is 2. The molecule has 0 fully saturated rings. The number of nitrogens with zero attached hydrogens (tertiary/aromatic N) is 2. The van der Waals surface area contributed by atoms with Gasteiger partial charge in [0.15, 0.2) is 0 Å². The van der Waals surface area contributed by atoms with Gasteiger partial charge in [-0.2, -0.15) is 0 Å². The molecule has 0 bridgehead atoms. The van der Waals surface area contributed by atoms with Crippen LogP contribution in [0.3, 0.4) is 0 Å². The molecule has 10 aromatic rings. The van der Waals surface area contributed by atoms with Crippen LogP contribution in [-0.4, -0.2) is 9.13 Å². The number of fused-ring (bicyclic) bond motifs is 6. The van der Waals surface area contributed by atoms with E-state index in [1.54, 1.807) is 0 Å². The molecule has 0 spiro atoms. The lowest BCUT2D eigenvalue weighted by Gasteiger charge is -2.15. The molecule has 0 aliphatic heterocycles. The molecule has 0 aliphatic rings. The van der Waals surface area contributed by atoms with Crippen LogP contribution in [0.1, 0.15) is 76.3 Å². The van der Waals surface area contributed by atoms with E-state index in [9.17, 15) is 0 Å². The molecule has 0 unspecified atom stereocenters. The van der Waals surface area contributed by atoms with E-state index in [2.05, 4.69) is 225 Å². The number of halogens is 2. The number of rotatable bonds is 15. The number of unbranched alkanes of at least 4 members (excludes halogenated alkanes) is 6. The second kappa shape index (κ2) is 18.8. The number of hydrogen-bond acceptors (Lipinski definition) is 0. The van der Waals surface area contributed by atoms with Crippen molar-refractivity contribution >= 4 is 75.5 Å². The van der Waals surface area contributed by atoms with Gasteiger partial charge in [-0.05, 0) is 155 Å². The maximum atomic E-state index is 3.81. The Kier molecular flexibility index (Phi) is 12.4. The summed E-state index contributed by atoms with van der Waals surface area (Å²) in [5.74, 6) is 0. The molecular weight excluding hydrogens is 908 g/mol. The van der Waals surface area contributed by atoms with Crippen molar-refractivity contribution in [1.82, 2.24) is 9.13 Å². The zero-order valence-corrected chi connectivity index (χ0v) is 40.1. The minimum Gasteiger partial charge on any atom is -0.309 e. The van der Waals surface area contributed by atoms with Gasteiger partial charge in [0, 0.05) is 41.9 Å². The van der Waals surface area contributed by atoms with Crippen molar-refractivity contribution in [2.45, 2.75) is 78.1 Å². The molecule has 10 rings (SSSR count). The first-order chi connectivity index (χ1) is 31.5. The van der Waals surface area contributed by atoms with Crippen LogP contribution in [0.4, 0.5) is 0 Å². The topological polar surface area (TPSA) is 9.86 Å². The summed E-state index contributed by atoms with van der Waals surface area (Å²) in [6, 6.07) is 63.8. The first kappa shape index (κ1) is 42.3. The first-order valence-corrected chi connectivity index (χ1v) is 24.9. The predicted octanol–water partition coefficient (Wildman–Crippen LogP) is 18.7. The number of benzene rings is 8. The third-order valence-corrected chi connectivity index (χ3v) is 14.2. The van der Waals surface area contributed by atoms with Crippen LogP contribution >= 0.6 is 31.9 Å². The van der Waals surface area contributed by atoms with Crippen LogP contribution in [0.2, 0.25) is 0 Å². The molecule has 64 heavy (non-hydrogen) atoms. The molecular formula is C60H54Br2N2. The fourth-order valence-corrected chi connectivity index (χ4v) is 10.7. The fourth-order valence-electron chi connectivity index (χ4n) is 9.96. The van der Waals surface area contributed by atoms with Crippen molar-refractivity contribution < 1.29 is 0 Å². The maximum absolute atomic E-state index is 3.81. The van der Waals surface area contributed by atoms with Gasteiger partial charge in [-0.3, -0.25) is 0 Å². The van der Waals surface area contributed by atoms with Crippen molar-refractivity contribution in [3.8, 4) is 44.8 Å². The lowest BCUT2D eigenvalue weighted by molar-refractivity contribution is 0.667. The molecule has 0 saturated carbocycles. The van der Waals surface area contributed by atoms with E-state index in [1.165, 1.54) is 151 Å². The van der Waals surface area contributed by atoms with Crippen LogP contribution < -0.4 is 0 Å². The van der Waals surface area contributed by atoms with E-state index in [4.69, 9.17) is 0 Å². The van der Waals surface area contributed by atoms with Gasteiger partial charge in [-0.1, -0.05) is 169 Å². The van der Waals surface area contributed by atoms with Crippen LogP contribution in [0.25, 0.3) is 88.4 Å². The highest BCUT2D eigenvalue weighted by molar-refractivity contribution is 9.10. The van der Waals surface area contributed by atoms with Crippen molar-refractivity contribution in [3.05, 3.63) is 190 Å². The lowest BCUT2D eigenvalue weighted by atomic mass is 9.89. The average molecular weight is 963 g/mol. The van der Waals surface area contributed by atoms with Gasteiger partial charge in [-0.25, -0.2) is 0 Å². The van der Waals surface area contributed by atoms with Gasteiger partial charge in [0.1, 0.15) is 0 Å². The van der Waals surface area contributed by atoms with E-state index < -0.39 is 0 Å². The number of hydrogen-bond donors (Lipinski definition) is 0. The molecule has 2 nitrogen and oxygen atoms in total. The molecule has 0 radical (unpaired) electrons. The third kappa shape index (κ3) is 8.28. The second-order valence-corrected chi connectivity index (χ2v) is 19.3. The van der Waals surface area contributed by atoms with Crippen LogP contribution in [-0.2, 0) is 12.8 Å². The molecule has 4 heteroatoms. The van der Waals surface area contributed by atoms with Gasteiger partial charge in [0.25, 0.3) is 0 Å². The molecule has 0 N–H and O–H groups in total. The molecule has 0 aliphatic carbocycles. The third-order valence-electron chi connectivity index (χ3n) is 13.2. The highest BCUT2D eigenvalue weighted by Crippen LogP contribution is 2.43. The van der Waals surface area contributed by atoms with Gasteiger partial charge in [0.2, 0.25) is 0 Å². The van der Waals surface area contributed by atoms with Gasteiger partial charge in [0.05, 0.1) is 22.1 Å². The normalized spacial score (nSPS) is 11.8. The van der Waals surface area contributed by atoms with Crippen molar-refractivity contribution in [3.63, 3.8) is 0 Å². The zero-order valence-electron chi connectivity index (χ0n) is 36.9. The quantitative estimate of drug-likeness (QED) is 0.0906. The van der Waals surface area contributed by atoms with E-state index in [0.29, 0.717) is 0 Å². The largest absolute Gasteiger partial charge is 0.309 e. The van der Waals surface area contributed by atoms with E-state index in [0.717, 1.165) is 21.8 Å². The van der Waals surface area contributed by atoms with Crippen molar-refractivity contribution in [2.75, 3.05) is 0 Å². The highest BCUT2D eigenvalue weighted by Gasteiger charge is 2.19. The van der Waals surface area contributed by atoms with Crippen LogP contribution in [0.5, 0.6) is 0 Å². The predicted molar refractivity (Wildman–Crippen MR) is 283 cm³/mol. The molecule has 2 aromatic heterocycles. The molecule has 2 heterocycles. The summed E-state index contributed by atoms with van der Waals surface area (Å²) in [7, 11) is 0. The molecule has 0 saturated heterocycles. The zero-order chi connectivity index (χ0) is 43.6. The van der Waals surface area contributed by atoms with Crippen LogP contribution in [0.15, 0.2) is 179 Å². The Bertz CT molecular complexity index is 3040. The SMILES string of the molecule is CCCCCCc1ccc(-n2c3ccc(Br)cc3c3cc(-c4ccccc4-c4ccccc4-c4ccc5c(c4)c4cc(Br)ccc4n5-c4ccc(CCCCCC)cc4)ccc32)cc1. The van der Waals surface area contributed by atoms with Crippen LogP contribution in [0, 0.1) is 0 Å². The Morgan fingerprint density at radius 2 is 0.703 bits per heavy atom. The van der Waals surface area contributed by atoms with Gasteiger partial charge < -0.3 is 9.13 Å². The standard InChI is InChI=1S/C60H54Br2N2/c1-3-5-7-9-15-41-21-29-47(30-22-41)63-57-33-25-43(37-53(57)55-39-45(61)27-35-59(55)63)49-17-11-13-19-51(49)52-20-14-12-18-50(52)44-26-34-58-54(38-44)56-40-46(62)28-36-60(56)64(58)48-31-23-42(24-32-48)16-10-8-6-4-2/h11-14,17-40H,3-10,15-16H2,1-2H3. The first-order valence-electron chi connectivity index (χ1n) is 23.3.